The van der Waals surface area contributed by atoms with Crippen molar-refractivity contribution in [2.24, 2.45) is 0 Å². The highest BCUT2D eigenvalue weighted by atomic mass is 35.5. The van der Waals surface area contributed by atoms with Crippen LogP contribution in [0.5, 0.6) is 0 Å². The maximum absolute atomic E-state index is 6.38. The standard InChI is InChI=1S/C25H26Cl2N4O2S/c26-18-6-5-17(16-19(18)27)21-7-8-22(33-21)24-23(20-4-1-2-9-28-20)29-25(34)31(24)11-3-10-30-12-14-32-15-13-30/h1-2,4-9,16,23-24H,3,10-15H2,(H,29,34)/t23-,24-/m1/s1. The Morgan fingerprint density at radius 1 is 1.03 bits per heavy atom. The second kappa shape index (κ2) is 10.6. The molecule has 0 radical (unpaired) electrons. The predicted molar refractivity (Wildman–Crippen MR) is 138 cm³/mol. The summed E-state index contributed by atoms with van der Waals surface area (Å²) in [5, 5.41) is 5.22. The lowest BCUT2D eigenvalue weighted by molar-refractivity contribution is 0.0365. The van der Waals surface area contributed by atoms with Crippen LogP contribution in [-0.2, 0) is 4.74 Å². The van der Waals surface area contributed by atoms with E-state index in [2.05, 4.69) is 20.1 Å². The van der Waals surface area contributed by atoms with E-state index in [0.29, 0.717) is 10.0 Å². The molecule has 4 heterocycles. The monoisotopic (exact) mass is 516 g/mol. The van der Waals surface area contributed by atoms with Crippen LogP contribution in [0.1, 0.15) is 30.0 Å². The molecule has 0 unspecified atom stereocenters. The van der Waals surface area contributed by atoms with Gasteiger partial charge >= 0.3 is 0 Å². The Morgan fingerprint density at radius 2 is 1.88 bits per heavy atom. The molecule has 0 saturated carbocycles. The quantitative estimate of drug-likeness (QED) is 0.425. The number of nitrogens with one attached hydrogen (secondary N) is 1. The van der Waals surface area contributed by atoms with E-state index in [1.807, 2.05) is 48.7 Å². The third-order valence-corrected chi connectivity index (χ3v) is 7.39. The lowest BCUT2D eigenvalue weighted by Gasteiger charge is -2.29. The molecule has 5 rings (SSSR count). The molecular formula is C25H26Cl2N4O2S. The minimum Gasteiger partial charge on any atom is -0.459 e. The van der Waals surface area contributed by atoms with Gasteiger partial charge in [0, 0.05) is 37.9 Å². The number of hydrogen-bond acceptors (Lipinski definition) is 5. The Labute approximate surface area is 214 Å². The van der Waals surface area contributed by atoms with Crippen LogP contribution in [0.3, 0.4) is 0 Å². The number of benzene rings is 1. The lowest BCUT2D eigenvalue weighted by Crippen LogP contribution is -2.38. The third-order valence-electron chi connectivity index (χ3n) is 6.30. The molecule has 2 saturated heterocycles. The summed E-state index contributed by atoms with van der Waals surface area (Å²) in [5.41, 5.74) is 1.81. The van der Waals surface area contributed by atoms with E-state index >= 15 is 0 Å². The maximum atomic E-state index is 6.38. The molecule has 9 heteroatoms. The SMILES string of the molecule is S=C1N[C@H](c2ccccn2)[C@@H](c2ccc(-c3ccc(Cl)c(Cl)c3)o2)N1CCCN1CCOCC1. The summed E-state index contributed by atoms with van der Waals surface area (Å²) >= 11 is 18.1. The van der Waals surface area contributed by atoms with Crippen molar-refractivity contribution < 1.29 is 9.15 Å². The summed E-state index contributed by atoms with van der Waals surface area (Å²) in [5.74, 6) is 1.56. The number of nitrogens with zero attached hydrogens (tertiary/aromatic N) is 3. The van der Waals surface area contributed by atoms with Crippen molar-refractivity contribution in [2.75, 3.05) is 39.4 Å². The summed E-state index contributed by atoms with van der Waals surface area (Å²) < 4.78 is 11.8. The van der Waals surface area contributed by atoms with Gasteiger partial charge in [0.15, 0.2) is 5.11 Å². The van der Waals surface area contributed by atoms with Crippen LogP contribution < -0.4 is 5.32 Å². The molecule has 6 nitrogen and oxygen atoms in total. The zero-order valence-electron chi connectivity index (χ0n) is 18.6. The Morgan fingerprint density at radius 3 is 2.65 bits per heavy atom. The number of aromatic nitrogens is 1. The van der Waals surface area contributed by atoms with Gasteiger partial charge in [-0.05, 0) is 61.1 Å². The van der Waals surface area contributed by atoms with E-state index in [-0.39, 0.29) is 12.1 Å². The van der Waals surface area contributed by atoms with Gasteiger partial charge in [0.05, 0.1) is 35.0 Å². The molecule has 0 bridgehead atoms. The number of ether oxygens (including phenoxy) is 1. The Balaban J connectivity index is 1.40. The fourth-order valence-corrected chi connectivity index (χ4v) is 5.19. The summed E-state index contributed by atoms with van der Waals surface area (Å²) in [6.07, 6.45) is 2.80. The van der Waals surface area contributed by atoms with Gasteiger partial charge in [0.25, 0.3) is 0 Å². The molecule has 2 aliphatic heterocycles. The summed E-state index contributed by atoms with van der Waals surface area (Å²) in [6, 6.07) is 15.2. The minimum atomic E-state index is -0.108. The molecule has 0 amide bonds. The fraction of sp³-hybridized carbons (Fsp3) is 0.360. The van der Waals surface area contributed by atoms with Gasteiger partial charge in [0.2, 0.25) is 0 Å². The van der Waals surface area contributed by atoms with E-state index in [4.69, 9.17) is 44.6 Å². The molecular weight excluding hydrogens is 491 g/mol. The smallest absolute Gasteiger partial charge is 0.170 e. The first-order valence-corrected chi connectivity index (χ1v) is 12.6. The second-order valence-corrected chi connectivity index (χ2v) is 9.66. The van der Waals surface area contributed by atoms with Gasteiger partial charge in [0.1, 0.15) is 17.6 Å². The number of rotatable bonds is 7. The molecule has 2 atom stereocenters. The van der Waals surface area contributed by atoms with Gasteiger partial charge in [-0.25, -0.2) is 0 Å². The molecule has 2 fully saturated rings. The Hall–Kier alpha value is -2.16. The first kappa shape index (κ1) is 23.6. The van der Waals surface area contributed by atoms with Crippen molar-refractivity contribution in [1.82, 2.24) is 20.1 Å². The fourth-order valence-electron chi connectivity index (χ4n) is 4.56. The third kappa shape index (κ3) is 5.09. The molecule has 3 aromatic rings. The molecule has 2 aromatic heterocycles. The van der Waals surface area contributed by atoms with Gasteiger partial charge in [-0.1, -0.05) is 29.3 Å². The molecule has 1 N–H and O–H groups in total. The van der Waals surface area contributed by atoms with Crippen LogP contribution in [-0.4, -0.2) is 59.3 Å². The maximum Gasteiger partial charge on any atom is 0.170 e. The first-order chi connectivity index (χ1) is 16.6. The Kier molecular flexibility index (Phi) is 7.37. The number of thiocarbonyl (C=S) groups is 1. The topological polar surface area (TPSA) is 53.8 Å². The molecule has 0 aliphatic carbocycles. The van der Waals surface area contributed by atoms with Crippen molar-refractivity contribution >= 4 is 40.5 Å². The largest absolute Gasteiger partial charge is 0.459 e. The van der Waals surface area contributed by atoms with Crippen LogP contribution in [0.15, 0.2) is 59.1 Å². The number of halogens is 2. The van der Waals surface area contributed by atoms with Crippen molar-refractivity contribution in [2.45, 2.75) is 18.5 Å². The van der Waals surface area contributed by atoms with Crippen LogP contribution >= 0.6 is 35.4 Å². The van der Waals surface area contributed by atoms with Crippen molar-refractivity contribution in [3.05, 3.63) is 76.2 Å². The van der Waals surface area contributed by atoms with Crippen LogP contribution in [0.4, 0.5) is 0 Å². The summed E-state index contributed by atoms with van der Waals surface area (Å²) in [7, 11) is 0. The highest BCUT2D eigenvalue weighted by Gasteiger charge is 2.41. The van der Waals surface area contributed by atoms with E-state index in [0.717, 1.165) is 73.7 Å². The van der Waals surface area contributed by atoms with Crippen LogP contribution in [0.25, 0.3) is 11.3 Å². The van der Waals surface area contributed by atoms with Gasteiger partial charge in [-0.15, -0.1) is 0 Å². The van der Waals surface area contributed by atoms with Crippen molar-refractivity contribution in [3.63, 3.8) is 0 Å². The zero-order chi connectivity index (χ0) is 23.5. The first-order valence-electron chi connectivity index (χ1n) is 11.4. The normalized spacial score (nSPS) is 21.1. The number of furan rings is 1. The lowest BCUT2D eigenvalue weighted by atomic mass is 10.0. The van der Waals surface area contributed by atoms with E-state index in [9.17, 15) is 0 Å². The van der Waals surface area contributed by atoms with Crippen molar-refractivity contribution in [3.8, 4) is 11.3 Å². The Bertz CT molecular complexity index is 1140. The second-order valence-electron chi connectivity index (χ2n) is 8.46. The van der Waals surface area contributed by atoms with Gasteiger partial charge in [-0.2, -0.15) is 0 Å². The molecule has 34 heavy (non-hydrogen) atoms. The van der Waals surface area contributed by atoms with E-state index in [1.54, 1.807) is 6.07 Å². The average Bonchev–Trinajstić information content (AvgIpc) is 3.47. The molecule has 0 spiro atoms. The van der Waals surface area contributed by atoms with Crippen LogP contribution in [0, 0.1) is 0 Å². The number of hydrogen-bond donors (Lipinski definition) is 1. The average molecular weight is 517 g/mol. The number of morpholine rings is 1. The van der Waals surface area contributed by atoms with E-state index < -0.39 is 0 Å². The zero-order valence-corrected chi connectivity index (χ0v) is 21.0. The highest BCUT2D eigenvalue weighted by molar-refractivity contribution is 7.80. The molecule has 2 aliphatic rings. The molecule has 178 valence electrons. The minimum absolute atomic E-state index is 0.107. The summed E-state index contributed by atoms with van der Waals surface area (Å²) in [4.78, 5) is 9.27. The molecule has 1 aromatic carbocycles. The number of pyridine rings is 1. The van der Waals surface area contributed by atoms with Gasteiger partial charge in [-0.3, -0.25) is 9.88 Å². The summed E-state index contributed by atoms with van der Waals surface area (Å²) in [6.45, 7) is 5.40. The predicted octanol–water partition coefficient (Wildman–Crippen LogP) is 5.34. The van der Waals surface area contributed by atoms with Gasteiger partial charge < -0.3 is 19.4 Å². The van der Waals surface area contributed by atoms with E-state index in [1.165, 1.54) is 0 Å². The van der Waals surface area contributed by atoms with Crippen LogP contribution in [0.2, 0.25) is 10.0 Å². The van der Waals surface area contributed by atoms with Crippen molar-refractivity contribution in [1.29, 1.82) is 0 Å². The highest BCUT2D eigenvalue weighted by Crippen LogP contribution is 2.41.